The molecule has 4 nitrogen and oxygen atoms in total. The van der Waals surface area contributed by atoms with Crippen LogP contribution in [0.3, 0.4) is 0 Å². The highest BCUT2D eigenvalue weighted by molar-refractivity contribution is 5.91. The van der Waals surface area contributed by atoms with E-state index in [0.29, 0.717) is 13.0 Å². The van der Waals surface area contributed by atoms with Gasteiger partial charge in [-0.05, 0) is 48.1 Å². The maximum absolute atomic E-state index is 11.9. The Balaban J connectivity index is 1.46. The van der Waals surface area contributed by atoms with Gasteiger partial charge in [-0.15, -0.1) is 0 Å². The minimum Gasteiger partial charge on any atom is -0.380 e. The molecule has 3 rings (SSSR count). The lowest BCUT2D eigenvalue weighted by Crippen LogP contribution is -2.27. The van der Waals surface area contributed by atoms with Crippen molar-refractivity contribution in [1.82, 2.24) is 10.3 Å². The quantitative estimate of drug-likeness (QED) is 0.383. The molecule has 2 N–H and O–H groups in total. The summed E-state index contributed by atoms with van der Waals surface area (Å²) in [7, 11) is 0. The van der Waals surface area contributed by atoms with Gasteiger partial charge in [0.15, 0.2) is 0 Å². The van der Waals surface area contributed by atoms with E-state index in [2.05, 4.69) is 10.3 Å². The summed E-state index contributed by atoms with van der Waals surface area (Å²) in [5.74, 6) is -0.107. The average molecular weight is 401 g/mol. The molecule has 0 saturated carbocycles. The summed E-state index contributed by atoms with van der Waals surface area (Å²) in [6, 6.07) is 23.4. The summed E-state index contributed by atoms with van der Waals surface area (Å²) in [5.41, 5.74) is 1.71. The van der Waals surface area contributed by atoms with Crippen molar-refractivity contribution in [2.75, 3.05) is 6.54 Å². The van der Waals surface area contributed by atoms with Crippen LogP contribution in [0, 0.1) is 0 Å². The fraction of sp³-hybridized carbons (Fsp3) is 0.231. The van der Waals surface area contributed by atoms with E-state index in [1.165, 1.54) is 6.08 Å². The summed E-state index contributed by atoms with van der Waals surface area (Å²) in [6.07, 6.45) is 9.99. The van der Waals surface area contributed by atoms with Crippen LogP contribution in [0.4, 0.5) is 0 Å². The van der Waals surface area contributed by atoms with Crippen LogP contribution in [-0.2, 0) is 10.4 Å². The molecule has 0 fully saturated rings. The summed E-state index contributed by atoms with van der Waals surface area (Å²) in [5, 5.41) is 14.4. The van der Waals surface area contributed by atoms with Crippen molar-refractivity contribution in [3.63, 3.8) is 0 Å². The molecule has 30 heavy (non-hydrogen) atoms. The summed E-state index contributed by atoms with van der Waals surface area (Å²) >= 11 is 0. The molecule has 0 bridgehead atoms. The van der Waals surface area contributed by atoms with Crippen molar-refractivity contribution in [2.45, 2.75) is 31.3 Å². The smallest absolute Gasteiger partial charge is 0.243 e. The van der Waals surface area contributed by atoms with E-state index in [-0.39, 0.29) is 5.91 Å². The van der Waals surface area contributed by atoms with Crippen LogP contribution < -0.4 is 5.32 Å². The minimum atomic E-state index is -1.00. The van der Waals surface area contributed by atoms with Crippen molar-refractivity contribution >= 4 is 12.0 Å². The van der Waals surface area contributed by atoms with Crippen molar-refractivity contribution < 1.29 is 9.90 Å². The number of nitrogens with one attached hydrogen (secondary N) is 1. The minimum absolute atomic E-state index is 0.107. The molecule has 154 valence electrons. The van der Waals surface area contributed by atoms with Crippen molar-refractivity contribution in [1.29, 1.82) is 0 Å². The van der Waals surface area contributed by atoms with Gasteiger partial charge in [-0.2, -0.15) is 0 Å². The molecule has 0 atom stereocenters. The van der Waals surface area contributed by atoms with Crippen LogP contribution in [-0.4, -0.2) is 22.5 Å². The van der Waals surface area contributed by atoms with E-state index >= 15 is 0 Å². The molecule has 1 aromatic heterocycles. The number of nitrogens with zero attached hydrogens (tertiary/aromatic N) is 1. The van der Waals surface area contributed by atoms with Crippen LogP contribution >= 0.6 is 0 Å². The zero-order valence-corrected chi connectivity index (χ0v) is 17.1. The first kappa shape index (κ1) is 21.5. The van der Waals surface area contributed by atoms with E-state index in [1.807, 2.05) is 72.8 Å². The van der Waals surface area contributed by atoms with Crippen LogP contribution in [0.1, 0.15) is 42.4 Å². The number of amides is 1. The molecule has 0 unspecified atom stereocenters. The fourth-order valence-corrected chi connectivity index (χ4v) is 3.48. The van der Waals surface area contributed by atoms with Gasteiger partial charge in [-0.3, -0.25) is 9.78 Å². The maximum Gasteiger partial charge on any atom is 0.243 e. The Morgan fingerprint density at radius 1 is 0.900 bits per heavy atom. The van der Waals surface area contributed by atoms with Crippen LogP contribution in [0.15, 0.2) is 91.3 Å². The van der Waals surface area contributed by atoms with Gasteiger partial charge in [0, 0.05) is 25.0 Å². The Hall–Kier alpha value is -3.24. The van der Waals surface area contributed by atoms with Crippen molar-refractivity contribution in [3.8, 4) is 0 Å². The maximum atomic E-state index is 11.9. The Bertz CT molecular complexity index is 886. The van der Waals surface area contributed by atoms with Gasteiger partial charge in [0.2, 0.25) is 5.91 Å². The van der Waals surface area contributed by atoms with Gasteiger partial charge in [-0.1, -0.05) is 73.2 Å². The summed E-state index contributed by atoms with van der Waals surface area (Å²) in [6.45, 7) is 0.616. The molecule has 0 saturated heterocycles. The fourth-order valence-electron chi connectivity index (χ4n) is 3.48. The van der Waals surface area contributed by atoms with E-state index in [4.69, 9.17) is 0 Å². The van der Waals surface area contributed by atoms with Crippen LogP contribution in [0.25, 0.3) is 6.08 Å². The third-order valence-corrected chi connectivity index (χ3v) is 5.13. The summed E-state index contributed by atoms with van der Waals surface area (Å²) in [4.78, 5) is 15.9. The Kier molecular flexibility index (Phi) is 7.93. The normalized spacial score (nSPS) is 11.5. The second kappa shape index (κ2) is 11.1. The highest BCUT2D eigenvalue weighted by Gasteiger charge is 2.30. The van der Waals surface area contributed by atoms with Gasteiger partial charge in [0.1, 0.15) is 5.60 Å². The predicted octanol–water partition coefficient (Wildman–Crippen LogP) is 4.71. The number of carbonyl (C=O) groups excluding carboxylic acids is 1. The Labute approximate surface area is 178 Å². The molecule has 0 aliphatic carbocycles. The first-order chi connectivity index (χ1) is 14.7. The molecule has 1 amide bonds. The SMILES string of the molecule is O=C(C=Cc1cccnc1)NCCCCCC(O)(c1ccccc1)c1ccccc1. The molecule has 0 radical (unpaired) electrons. The Morgan fingerprint density at radius 3 is 2.17 bits per heavy atom. The van der Waals surface area contributed by atoms with Gasteiger partial charge in [-0.25, -0.2) is 0 Å². The molecule has 1 heterocycles. The zero-order chi connectivity index (χ0) is 21.1. The van der Waals surface area contributed by atoms with E-state index in [1.54, 1.807) is 18.5 Å². The topological polar surface area (TPSA) is 62.2 Å². The lowest BCUT2D eigenvalue weighted by atomic mass is 9.82. The third kappa shape index (κ3) is 6.13. The third-order valence-electron chi connectivity index (χ3n) is 5.13. The molecule has 0 spiro atoms. The summed E-state index contributed by atoms with van der Waals surface area (Å²) < 4.78 is 0. The molecule has 0 aliphatic rings. The van der Waals surface area contributed by atoms with Crippen molar-refractivity contribution in [3.05, 3.63) is 108 Å². The number of carbonyl (C=O) groups is 1. The highest BCUT2D eigenvalue weighted by Crippen LogP contribution is 2.34. The number of unbranched alkanes of at least 4 members (excludes halogenated alkanes) is 2. The largest absolute Gasteiger partial charge is 0.380 e. The first-order valence-electron chi connectivity index (χ1n) is 10.4. The van der Waals surface area contributed by atoms with Gasteiger partial charge in [0.05, 0.1) is 0 Å². The second-order valence-corrected chi connectivity index (χ2v) is 7.31. The molecular formula is C26H28N2O2. The molecule has 3 aromatic rings. The number of rotatable bonds is 10. The number of aromatic nitrogens is 1. The Morgan fingerprint density at radius 2 is 1.57 bits per heavy atom. The number of aliphatic hydroxyl groups is 1. The molecular weight excluding hydrogens is 372 g/mol. The predicted molar refractivity (Wildman–Crippen MR) is 121 cm³/mol. The van der Waals surface area contributed by atoms with E-state index < -0.39 is 5.60 Å². The van der Waals surface area contributed by atoms with E-state index in [9.17, 15) is 9.90 Å². The first-order valence-corrected chi connectivity index (χ1v) is 10.4. The zero-order valence-electron chi connectivity index (χ0n) is 17.1. The lowest BCUT2D eigenvalue weighted by molar-refractivity contribution is -0.116. The lowest BCUT2D eigenvalue weighted by Gasteiger charge is -2.29. The van der Waals surface area contributed by atoms with Gasteiger partial charge >= 0.3 is 0 Å². The molecule has 2 aromatic carbocycles. The standard InChI is InChI=1S/C26H28N2O2/c29-25(17-16-22-11-10-19-27-21-22)28-20-9-3-8-18-26(30,23-12-4-1-5-13-23)24-14-6-2-7-15-24/h1-2,4-7,10-17,19,21,30H,3,8-9,18,20H2,(H,28,29). The number of hydrogen-bond acceptors (Lipinski definition) is 3. The molecule has 4 heteroatoms. The average Bonchev–Trinajstić information content (AvgIpc) is 2.81. The highest BCUT2D eigenvalue weighted by atomic mass is 16.3. The second-order valence-electron chi connectivity index (χ2n) is 7.31. The van der Waals surface area contributed by atoms with Gasteiger partial charge in [0.25, 0.3) is 0 Å². The number of pyridine rings is 1. The van der Waals surface area contributed by atoms with E-state index in [0.717, 1.165) is 36.0 Å². The van der Waals surface area contributed by atoms with Crippen LogP contribution in [0.5, 0.6) is 0 Å². The number of benzene rings is 2. The number of hydrogen-bond donors (Lipinski definition) is 2. The van der Waals surface area contributed by atoms with Crippen LogP contribution in [0.2, 0.25) is 0 Å². The van der Waals surface area contributed by atoms with Gasteiger partial charge < -0.3 is 10.4 Å². The monoisotopic (exact) mass is 400 g/mol. The molecule has 0 aliphatic heterocycles. The van der Waals surface area contributed by atoms with Crippen molar-refractivity contribution in [2.24, 2.45) is 0 Å².